The van der Waals surface area contributed by atoms with E-state index in [4.69, 9.17) is 0 Å². The van der Waals surface area contributed by atoms with E-state index in [9.17, 15) is 9.59 Å². The summed E-state index contributed by atoms with van der Waals surface area (Å²) in [6.07, 6.45) is 2.96. The maximum Gasteiger partial charge on any atom is 0.237 e. The molecule has 1 atom stereocenters. The van der Waals surface area contributed by atoms with Crippen LogP contribution in [0, 0.1) is 0 Å². The predicted octanol–water partition coefficient (Wildman–Crippen LogP) is 1.53. The molecule has 0 bridgehead atoms. The first kappa shape index (κ1) is 13.2. The number of carbonyl (C=O) groups excluding carboxylic acids is 2. The summed E-state index contributed by atoms with van der Waals surface area (Å²) >= 11 is 1.46. The van der Waals surface area contributed by atoms with Gasteiger partial charge in [0.1, 0.15) is 0 Å². The fraction of sp³-hybridized carbons (Fsp3) is 0.538. The number of hydrogen-bond donors (Lipinski definition) is 1. The Morgan fingerprint density at radius 3 is 3.00 bits per heavy atom. The van der Waals surface area contributed by atoms with Gasteiger partial charge in [0.25, 0.3) is 0 Å². The molecule has 1 unspecified atom stereocenters. The number of Topliss-reactive ketones (excluding diaryl/α,β-unsaturated/α-hetero) is 1. The largest absolute Gasteiger partial charge is 0.358 e. The van der Waals surface area contributed by atoms with Gasteiger partial charge in [-0.3, -0.25) is 14.5 Å². The van der Waals surface area contributed by atoms with Gasteiger partial charge in [0.05, 0.1) is 17.5 Å². The van der Waals surface area contributed by atoms with Gasteiger partial charge < -0.3 is 5.32 Å². The summed E-state index contributed by atoms with van der Waals surface area (Å²) < 4.78 is 0. The van der Waals surface area contributed by atoms with Crippen LogP contribution in [0.4, 0.5) is 0 Å². The van der Waals surface area contributed by atoms with Crippen LogP contribution in [0.1, 0.15) is 28.9 Å². The van der Waals surface area contributed by atoms with Crippen molar-refractivity contribution in [1.82, 2.24) is 10.2 Å². The molecular weight excluding hydrogens is 248 g/mol. The average molecular weight is 266 g/mol. The molecule has 0 spiro atoms. The molecule has 1 fully saturated rings. The molecule has 1 aliphatic rings. The molecule has 2 rings (SSSR count). The lowest BCUT2D eigenvalue weighted by Gasteiger charge is -2.33. The molecule has 5 heteroatoms. The first-order valence-corrected chi connectivity index (χ1v) is 7.12. The molecule has 1 saturated heterocycles. The minimum atomic E-state index is -0.146. The van der Waals surface area contributed by atoms with Gasteiger partial charge in [-0.15, -0.1) is 11.3 Å². The molecular formula is C13H18N2O2S. The van der Waals surface area contributed by atoms with Crippen molar-refractivity contribution in [3.63, 3.8) is 0 Å². The Kier molecular flexibility index (Phi) is 4.49. The second-order valence-corrected chi connectivity index (χ2v) is 5.44. The maximum atomic E-state index is 12.1. The number of ketones is 1. The van der Waals surface area contributed by atoms with Crippen LogP contribution < -0.4 is 5.32 Å². The van der Waals surface area contributed by atoms with E-state index in [1.807, 2.05) is 22.4 Å². The summed E-state index contributed by atoms with van der Waals surface area (Å²) in [5.41, 5.74) is 0. The highest BCUT2D eigenvalue weighted by atomic mass is 32.1. The van der Waals surface area contributed by atoms with E-state index >= 15 is 0 Å². The van der Waals surface area contributed by atoms with Crippen LogP contribution in [0.3, 0.4) is 0 Å². The highest BCUT2D eigenvalue weighted by Gasteiger charge is 2.29. The number of nitrogens with one attached hydrogen (secondary N) is 1. The fourth-order valence-electron chi connectivity index (χ4n) is 2.34. The van der Waals surface area contributed by atoms with Crippen molar-refractivity contribution in [3.8, 4) is 0 Å². The standard InChI is InChI=1S/C13H18N2O2S/c1-14-13(17)10-5-2-3-7-15(10)9-11(16)12-6-4-8-18-12/h4,6,8,10H,2-3,5,7,9H2,1H3,(H,14,17). The highest BCUT2D eigenvalue weighted by molar-refractivity contribution is 7.12. The normalized spacial score (nSPS) is 20.6. The van der Waals surface area contributed by atoms with Crippen molar-refractivity contribution in [3.05, 3.63) is 22.4 Å². The second-order valence-electron chi connectivity index (χ2n) is 4.50. The SMILES string of the molecule is CNC(=O)C1CCCCN1CC(=O)c1cccs1. The maximum absolute atomic E-state index is 12.1. The van der Waals surface area contributed by atoms with Crippen LogP contribution in [-0.4, -0.2) is 42.8 Å². The quantitative estimate of drug-likeness (QED) is 0.841. The molecule has 1 aliphatic heterocycles. The summed E-state index contributed by atoms with van der Waals surface area (Å²) in [5, 5.41) is 4.59. The lowest BCUT2D eigenvalue weighted by molar-refractivity contribution is -0.126. The summed E-state index contributed by atoms with van der Waals surface area (Å²) in [4.78, 5) is 26.6. The Balaban J connectivity index is 2.01. The van der Waals surface area contributed by atoms with Gasteiger partial charge in [0.2, 0.25) is 5.91 Å². The predicted molar refractivity (Wildman–Crippen MR) is 71.9 cm³/mol. The van der Waals surface area contributed by atoms with Gasteiger partial charge in [0, 0.05) is 7.05 Å². The fourth-order valence-corrected chi connectivity index (χ4v) is 3.00. The van der Waals surface area contributed by atoms with Crippen LogP contribution in [0.2, 0.25) is 0 Å². The van der Waals surface area contributed by atoms with Crippen molar-refractivity contribution in [1.29, 1.82) is 0 Å². The molecule has 1 aromatic rings. The first-order valence-electron chi connectivity index (χ1n) is 6.24. The molecule has 1 amide bonds. The monoisotopic (exact) mass is 266 g/mol. The Labute approximate surface area is 111 Å². The van der Waals surface area contributed by atoms with Crippen LogP contribution in [0.25, 0.3) is 0 Å². The first-order chi connectivity index (χ1) is 8.72. The van der Waals surface area contributed by atoms with E-state index in [2.05, 4.69) is 5.32 Å². The number of rotatable bonds is 4. The zero-order valence-corrected chi connectivity index (χ0v) is 11.3. The Hall–Kier alpha value is -1.20. The third kappa shape index (κ3) is 2.97. The van der Waals surface area contributed by atoms with Gasteiger partial charge in [-0.05, 0) is 30.8 Å². The molecule has 0 saturated carbocycles. The van der Waals surface area contributed by atoms with E-state index in [0.717, 1.165) is 30.7 Å². The molecule has 0 aliphatic carbocycles. The van der Waals surface area contributed by atoms with Crippen molar-refractivity contribution >= 4 is 23.0 Å². The third-order valence-electron chi connectivity index (χ3n) is 3.31. The van der Waals surface area contributed by atoms with Crippen LogP contribution in [0.15, 0.2) is 17.5 Å². The van der Waals surface area contributed by atoms with Crippen molar-refractivity contribution in [2.24, 2.45) is 0 Å². The lowest BCUT2D eigenvalue weighted by atomic mass is 10.0. The van der Waals surface area contributed by atoms with E-state index in [-0.39, 0.29) is 17.7 Å². The highest BCUT2D eigenvalue weighted by Crippen LogP contribution is 2.18. The second kappa shape index (κ2) is 6.11. The molecule has 1 N–H and O–H groups in total. The van der Waals surface area contributed by atoms with E-state index in [1.165, 1.54) is 11.3 Å². The molecule has 18 heavy (non-hydrogen) atoms. The average Bonchev–Trinajstić information content (AvgIpc) is 2.92. The van der Waals surface area contributed by atoms with Crippen molar-refractivity contribution in [2.45, 2.75) is 25.3 Å². The molecule has 0 aromatic carbocycles. The third-order valence-corrected chi connectivity index (χ3v) is 4.22. The molecule has 98 valence electrons. The minimum Gasteiger partial charge on any atom is -0.358 e. The number of hydrogen-bond acceptors (Lipinski definition) is 4. The van der Waals surface area contributed by atoms with Crippen LogP contribution >= 0.6 is 11.3 Å². The van der Waals surface area contributed by atoms with Crippen LogP contribution in [-0.2, 0) is 4.79 Å². The number of amides is 1. The topological polar surface area (TPSA) is 49.4 Å². The Bertz CT molecular complexity index is 417. The molecule has 1 aromatic heterocycles. The zero-order valence-electron chi connectivity index (χ0n) is 10.5. The minimum absolute atomic E-state index is 0.0219. The van der Waals surface area contributed by atoms with Gasteiger partial charge in [-0.25, -0.2) is 0 Å². The summed E-state index contributed by atoms with van der Waals surface area (Å²) in [7, 11) is 1.65. The van der Waals surface area contributed by atoms with Crippen molar-refractivity contribution < 1.29 is 9.59 Å². The smallest absolute Gasteiger partial charge is 0.237 e. The van der Waals surface area contributed by atoms with Gasteiger partial charge in [-0.1, -0.05) is 12.5 Å². The number of likely N-dealkylation sites (tertiary alicyclic amines) is 1. The van der Waals surface area contributed by atoms with E-state index in [0.29, 0.717) is 6.54 Å². The molecule has 0 radical (unpaired) electrons. The number of thiophene rings is 1. The number of likely N-dealkylation sites (N-methyl/N-ethyl adjacent to an activating group) is 1. The van der Waals surface area contributed by atoms with Crippen LogP contribution in [0.5, 0.6) is 0 Å². The molecule has 4 nitrogen and oxygen atoms in total. The Morgan fingerprint density at radius 1 is 1.50 bits per heavy atom. The van der Waals surface area contributed by atoms with Gasteiger partial charge in [-0.2, -0.15) is 0 Å². The van der Waals surface area contributed by atoms with E-state index < -0.39 is 0 Å². The number of piperidine rings is 1. The zero-order chi connectivity index (χ0) is 13.0. The summed E-state index contributed by atoms with van der Waals surface area (Å²) in [5.74, 6) is 0.134. The van der Waals surface area contributed by atoms with E-state index in [1.54, 1.807) is 7.05 Å². The Morgan fingerprint density at radius 2 is 2.33 bits per heavy atom. The summed E-state index contributed by atoms with van der Waals surface area (Å²) in [6.45, 7) is 1.17. The van der Waals surface area contributed by atoms with Gasteiger partial charge >= 0.3 is 0 Å². The van der Waals surface area contributed by atoms with Gasteiger partial charge in [0.15, 0.2) is 5.78 Å². The number of carbonyl (C=O) groups is 2. The molecule has 2 heterocycles. The lowest BCUT2D eigenvalue weighted by Crippen LogP contribution is -2.50. The summed E-state index contributed by atoms with van der Waals surface area (Å²) in [6, 6.07) is 3.57. The van der Waals surface area contributed by atoms with Crippen molar-refractivity contribution in [2.75, 3.05) is 20.1 Å². The number of nitrogens with zero attached hydrogens (tertiary/aromatic N) is 1.